The van der Waals surface area contributed by atoms with Gasteiger partial charge in [-0.05, 0) is 25.3 Å². The summed E-state index contributed by atoms with van der Waals surface area (Å²) in [5, 5.41) is 22.5. The van der Waals surface area contributed by atoms with Crippen LogP contribution in [0.4, 0.5) is 11.5 Å². The Balaban J connectivity index is 2.22. The molecular weight excluding hydrogens is 208 g/mol. The van der Waals surface area contributed by atoms with Gasteiger partial charge in [0.05, 0.1) is 4.92 Å². The Kier molecular flexibility index (Phi) is 2.68. The van der Waals surface area contributed by atoms with Crippen molar-refractivity contribution in [3.05, 3.63) is 27.9 Å². The molecule has 0 radical (unpaired) electrons. The topological polar surface area (TPSA) is 91.8 Å². The molecule has 1 aliphatic rings. The van der Waals surface area contributed by atoms with Gasteiger partial charge in [0.25, 0.3) is 0 Å². The average molecular weight is 218 g/mol. The summed E-state index contributed by atoms with van der Waals surface area (Å²) in [5.41, 5.74) is -0.393. The van der Waals surface area contributed by atoms with Gasteiger partial charge in [0.2, 0.25) is 5.69 Å². The van der Waals surface area contributed by atoms with Gasteiger partial charge in [-0.15, -0.1) is 0 Å². The van der Waals surface area contributed by atoms with Gasteiger partial charge in [-0.1, -0.05) is 0 Å². The molecule has 1 N–H and O–H groups in total. The SMILES string of the molecule is N#Cc1nc(NC2CCC2)ccc1[N+](=O)[O-]. The van der Waals surface area contributed by atoms with Crippen molar-refractivity contribution in [1.29, 1.82) is 5.26 Å². The Morgan fingerprint density at radius 2 is 2.31 bits per heavy atom. The maximum Gasteiger partial charge on any atom is 0.305 e. The highest BCUT2D eigenvalue weighted by atomic mass is 16.6. The van der Waals surface area contributed by atoms with Crippen molar-refractivity contribution in [2.75, 3.05) is 5.32 Å². The molecule has 0 spiro atoms. The first-order valence-electron chi connectivity index (χ1n) is 5.03. The first kappa shape index (κ1) is 10.4. The maximum absolute atomic E-state index is 10.6. The van der Waals surface area contributed by atoms with E-state index in [2.05, 4.69) is 10.3 Å². The van der Waals surface area contributed by atoms with Crippen LogP contribution in [0.5, 0.6) is 0 Å². The first-order valence-corrected chi connectivity index (χ1v) is 5.03. The van der Waals surface area contributed by atoms with E-state index in [1.165, 1.54) is 18.6 Å². The van der Waals surface area contributed by atoms with Gasteiger partial charge >= 0.3 is 5.69 Å². The average Bonchev–Trinajstić information content (AvgIpc) is 2.23. The zero-order valence-corrected chi connectivity index (χ0v) is 8.51. The number of hydrogen-bond acceptors (Lipinski definition) is 5. The van der Waals surface area contributed by atoms with Gasteiger partial charge in [-0.2, -0.15) is 5.26 Å². The second-order valence-electron chi connectivity index (χ2n) is 3.71. The minimum absolute atomic E-state index is 0.144. The molecule has 1 aliphatic carbocycles. The minimum Gasteiger partial charge on any atom is -0.367 e. The molecule has 1 saturated carbocycles. The molecule has 1 aromatic rings. The van der Waals surface area contributed by atoms with E-state index in [0.717, 1.165) is 12.8 Å². The minimum atomic E-state index is -0.599. The molecule has 6 heteroatoms. The lowest BCUT2D eigenvalue weighted by Gasteiger charge is -2.26. The molecule has 0 aromatic carbocycles. The molecule has 0 bridgehead atoms. The molecule has 2 rings (SSSR count). The summed E-state index contributed by atoms with van der Waals surface area (Å²) >= 11 is 0. The standard InChI is InChI=1S/C10H10N4O2/c11-6-8-9(14(15)16)4-5-10(13-8)12-7-2-1-3-7/h4-5,7H,1-3H2,(H,12,13). The number of aromatic nitrogens is 1. The van der Waals surface area contributed by atoms with Crippen LogP contribution >= 0.6 is 0 Å². The van der Waals surface area contributed by atoms with E-state index in [9.17, 15) is 10.1 Å². The van der Waals surface area contributed by atoms with Crippen LogP contribution in [-0.2, 0) is 0 Å². The summed E-state index contributed by atoms with van der Waals surface area (Å²) in [6, 6.07) is 4.97. The third-order valence-corrected chi connectivity index (χ3v) is 2.63. The van der Waals surface area contributed by atoms with E-state index in [1.807, 2.05) is 0 Å². The van der Waals surface area contributed by atoms with Crippen molar-refractivity contribution >= 4 is 11.5 Å². The van der Waals surface area contributed by atoms with Crippen molar-refractivity contribution in [3.63, 3.8) is 0 Å². The van der Waals surface area contributed by atoms with Crippen molar-refractivity contribution < 1.29 is 4.92 Å². The molecule has 0 aliphatic heterocycles. The van der Waals surface area contributed by atoms with E-state index in [-0.39, 0.29) is 11.4 Å². The van der Waals surface area contributed by atoms with Gasteiger partial charge in [-0.25, -0.2) is 4.98 Å². The van der Waals surface area contributed by atoms with Crippen LogP contribution in [0.2, 0.25) is 0 Å². The fourth-order valence-corrected chi connectivity index (χ4v) is 1.52. The number of pyridine rings is 1. The molecule has 0 saturated heterocycles. The van der Waals surface area contributed by atoms with Crippen molar-refractivity contribution in [3.8, 4) is 6.07 Å². The molecule has 6 nitrogen and oxygen atoms in total. The van der Waals surface area contributed by atoms with Crippen LogP contribution in [0.25, 0.3) is 0 Å². The second kappa shape index (κ2) is 4.14. The number of nitro groups is 1. The van der Waals surface area contributed by atoms with Crippen LogP contribution in [0.1, 0.15) is 25.0 Å². The molecular formula is C10H10N4O2. The third-order valence-electron chi connectivity index (χ3n) is 2.63. The Hall–Kier alpha value is -2.16. The molecule has 16 heavy (non-hydrogen) atoms. The fourth-order valence-electron chi connectivity index (χ4n) is 1.52. The maximum atomic E-state index is 10.6. The predicted octanol–water partition coefficient (Wildman–Crippen LogP) is 1.83. The van der Waals surface area contributed by atoms with Crippen molar-refractivity contribution in [1.82, 2.24) is 4.98 Å². The summed E-state index contributed by atoms with van der Waals surface area (Å²) in [4.78, 5) is 13.9. The largest absolute Gasteiger partial charge is 0.367 e. The van der Waals surface area contributed by atoms with Gasteiger partial charge < -0.3 is 5.32 Å². The van der Waals surface area contributed by atoms with Crippen LogP contribution in [0.3, 0.4) is 0 Å². The van der Waals surface area contributed by atoms with Gasteiger partial charge in [0.1, 0.15) is 11.9 Å². The number of nitriles is 1. The monoisotopic (exact) mass is 218 g/mol. The first-order chi connectivity index (χ1) is 7.70. The van der Waals surface area contributed by atoms with Crippen molar-refractivity contribution in [2.24, 2.45) is 0 Å². The van der Waals surface area contributed by atoms with Gasteiger partial charge in [0.15, 0.2) is 0 Å². The van der Waals surface area contributed by atoms with Gasteiger partial charge in [-0.3, -0.25) is 10.1 Å². The molecule has 0 unspecified atom stereocenters. The summed E-state index contributed by atoms with van der Waals surface area (Å²) in [6.07, 6.45) is 3.36. The van der Waals surface area contributed by atoms with E-state index in [1.54, 1.807) is 6.07 Å². The normalized spacial score (nSPS) is 14.9. The summed E-state index contributed by atoms with van der Waals surface area (Å²) in [5.74, 6) is 0.534. The van der Waals surface area contributed by atoms with Crippen LogP contribution < -0.4 is 5.32 Å². The number of hydrogen-bond donors (Lipinski definition) is 1. The smallest absolute Gasteiger partial charge is 0.305 e. The van der Waals surface area contributed by atoms with E-state index < -0.39 is 4.92 Å². The highest BCUT2D eigenvalue weighted by Crippen LogP contribution is 2.24. The second-order valence-corrected chi connectivity index (χ2v) is 3.71. The van der Waals surface area contributed by atoms with E-state index in [0.29, 0.717) is 11.9 Å². The van der Waals surface area contributed by atoms with E-state index in [4.69, 9.17) is 5.26 Å². The molecule has 1 aromatic heterocycles. The van der Waals surface area contributed by atoms with Crippen LogP contribution in [0.15, 0.2) is 12.1 Å². The lowest BCUT2D eigenvalue weighted by Crippen LogP contribution is -2.27. The summed E-state index contributed by atoms with van der Waals surface area (Å²) in [7, 11) is 0. The molecule has 1 heterocycles. The summed E-state index contributed by atoms with van der Waals surface area (Å²) < 4.78 is 0. The molecule has 82 valence electrons. The summed E-state index contributed by atoms with van der Waals surface area (Å²) in [6.45, 7) is 0. The number of nitrogens with zero attached hydrogens (tertiary/aromatic N) is 3. The van der Waals surface area contributed by atoms with Crippen LogP contribution in [-0.4, -0.2) is 15.9 Å². The van der Waals surface area contributed by atoms with E-state index >= 15 is 0 Å². The lowest BCUT2D eigenvalue weighted by molar-refractivity contribution is -0.385. The Morgan fingerprint density at radius 1 is 1.56 bits per heavy atom. The third kappa shape index (κ3) is 1.93. The number of rotatable bonds is 3. The highest BCUT2D eigenvalue weighted by molar-refractivity contribution is 5.50. The number of anilines is 1. The zero-order chi connectivity index (χ0) is 11.5. The number of nitrogens with one attached hydrogen (secondary N) is 1. The predicted molar refractivity (Wildman–Crippen MR) is 56.9 cm³/mol. The van der Waals surface area contributed by atoms with Crippen molar-refractivity contribution in [2.45, 2.75) is 25.3 Å². The Bertz CT molecular complexity index is 462. The molecule has 0 atom stereocenters. The molecule has 1 fully saturated rings. The van der Waals surface area contributed by atoms with Gasteiger partial charge in [0, 0.05) is 12.1 Å². The van der Waals surface area contributed by atoms with Crippen LogP contribution in [0, 0.1) is 21.4 Å². The highest BCUT2D eigenvalue weighted by Gasteiger charge is 2.20. The molecule has 0 amide bonds. The Labute approximate surface area is 92.1 Å². The zero-order valence-electron chi connectivity index (χ0n) is 8.51. The quantitative estimate of drug-likeness (QED) is 0.617. The Morgan fingerprint density at radius 3 is 2.81 bits per heavy atom. The lowest BCUT2D eigenvalue weighted by atomic mass is 9.93. The fraction of sp³-hybridized carbons (Fsp3) is 0.400.